The van der Waals surface area contributed by atoms with E-state index in [9.17, 15) is 8.42 Å². The Morgan fingerprint density at radius 2 is 2.00 bits per heavy atom. The predicted octanol–water partition coefficient (Wildman–Crippen LogP) is 1.74. The Labute approximate surface area is 94.6 Å². The van der Waals surface area contributed by atoms with Gasteiger partial charge in [0.25, 0.3) is 10.0 Å². The molecule has 0 aliphatic carbocycles. The molecule has 0 radical (unpaired) electrons. The Kier molecular flexibility index (Phi) is 2.55. The predicted molar refractivity (Wildman–Crippen MR) is 60.7 cm³/mol. The minimum absolute atomic E-state index is 0.286. The van der Waals surface area contributed by atoms with Gasteiger partial charge in [-0.1, -0.05) is 12.1 Å². The van der Waals surface area contributed by atoms with Gasteiger partial charge in [0.15, 0.2) is 0 Å². The van der Waals surface area contributed by atoms with Crippen LogP contribution in [0.3, 0.4) is 0 Å². The number of aromatic nitrogens is 2. The van der Waals surface area contributed by atoms with Crippen molar-refractivity contribution in [1.82, 2.24) is 8.96 Å². The van der Waals surface area contributed by atoms with Crippen LogP contribution < -0.4 is 0 Å². The van der Waals surface area contributed by atoms with E-state index in [1.54, 1.807) is 25.1 Å². The molecule has 4 nitrogen and oxygen atoms in total. The van der Waals surface area contributed by atoms with E-state index in [1.807, 2.05) is 13.0 Å². The fourth-order valence-electron chi connectivity index (χ4n) is 1.49. The largest absolute Gasteiger partial charge is 0.269 e. The highest BCUT2D eigenvalue weighted by Gasteiger charge is 2.17. The van der Waals surface area contributed by atoms with Crippen LogP contribution in [-0.4, -0.2) is 17.4 Å². The molecule has 0 fully saturated rings. The van der Waals surface area contributed by atoms with Gasteiger partial charge in [0.2, 0.25) is 0 Å². The van der Waals surface area contributed by atoms with E-state index in [2.05, 4.69) is 4.98 Å². The van der Waals surface area contributed by atoms with Crippen LogP contribution in [0, 0.1) is 13.8 Å². The summed E-state index contributed by atoms with van der Waals surface area (Å²) in [5.74, 6) is 0. The summed E-state index contributed by atoms with van der Waals surface area (Å²) in [4.78, 5) is 4.11. The standard InChI is InChI=1S/C11H12N2O2S/c1-9-4-3-5-11(6-9)16(14,15)13-8-12-7-10(13)2/h3-8H,1-2H3. The molecular formula is C11H12N2O2S. The van der Waals surface area contributed by atoms with E-state index in [1.165, 1.54) is 16.5 Å². The van der Waals surface area contributed by atoms with E-state index >= 15 is 0 Å². The second kappa shape index (κ2) is 3.75. The third-order valence-corrected chi connectivity index (χ3v) is 4.08. The van der Waals surface area contributed by atoms with Crippen molar-refractivity contribution in [2.75, 3.05) is 0 Å². The van der Waals surface area contributed by atoms with Crippen LogP contribution in [0.2, 0.25) is 0 Å². The Morgan fingerprint density at radius 3 is 2.56 bits per heavy atom. The molecular weight excluding hydrogens is 224 g/mol. The summed E-state index contributed by atoms with van der Waals surface area (Å²) < 4.78 is 25.6. The van der Waals surface area contributed by atoms with E-state index in [0.29, 0.717) is 5.69 Å². The van der Waals surface area contributed by atoms with Crippen LogP contribution in [-0.2, 0) is 10.0 Å². The smallest absolute Gasteiger partial charge is 0.244 e. The maximum absolute atomic E-state index is 12.2. The van der Waals surface area contributed by atoms with E-state index < -0.39 is 10.0 Å². The van der Waals surface area contributed by atoms with Crippen LogP contribution in [0.15, 0.2) is 41.7 Å². The first kappa shape index (κ1) is 10.9. The molecule has 16 heavy (non-hydrogen) atoms. The molecule has 1 heterocycles. The van der Waals surface area contributed by atoms with Crippen molar-refractivity contribution in [2.24, 2.45) is 0 Å². The molecule has 0 spiro atoms. The van der Waals surface area contributed by atoms with Crippen LogP contribution >= 0.6 is 0 Å². The number of aryl methyl sites for hydroxylation is 2. The van der Waals surface area contributed by atoms with Crippen LogP contribution in [0.5, 0.6) is 0 Å². The van der Waals surface area contributed by atoms with Gasteiger partial charge in [0, 0.05) is 6.20 Å². The van der Waals surface area contributed by atoms with Gasteiger partial charge in [0.1, 0.15) is 6.33 Å². The Balaban J connectivity index is 2.61. The summed E-state index contributed by atoms with van der Waals surface area (Å²) in [5.41, 5.74) is 1.51. The van der Waals surface area contributed by atoms with Gasteiger partial charge in [-0.25, -0.2) is 17.4 Å². The topological polar surface area (TPSA) is 52.0 Å². The fraction of sp³-hybridized carbons (Fsp3) is 0.182. The van der Waals surface area contributed by atoms with Crippen LogP contribution in [0.1, 0.15) is 11.3 Å². The Bertz CT molecular complexity index is 614. The SMILES string of the molecule is Cc1cccc(S(=O)(=O)n2cncc2C)c1. The van der Waals surface area contributed by atoms with E-state index in [0.717, 1.165) is 5.56 Å². The van der Waals surface area contributed by atoms with Crippen molar-refractivity contribution in [1.29, 1.82) is 0 Å². The summed E-state index contributed by atoms with van der Waals surface area (Å²) in [6.07, 6.45) is 2.83. The summed E-state index contributed by atoms with van der Waals surface area (Å²) in [6.45, 7) is 3.57. The van der Waals surface area contributed by atoms with Crippen LogP contribution in [0.4, 0.5) is 0 Å². The van der Waals surface area contributed by atoms with Gasteiger partial charge in [0.05, 0.1) is 10.6 Å². The summed E-state index contributed by atoms with van der Waals surface area (Å²) in [7, 11) is -3.49. The minimum Gasteiger partial charge on any atom is -0.244 e. The van der Waals surface area contributed by atoms with Crippen molar-refractivity contribution in [3.05, 3.63) is 48.0 Å². The Morgan fingerprint density at radius 1 is 1.25 bits per heavy atom. The number of rotatable bonds is 2. The van der Waals surface area contributed by atoms with Crippen LogP contribution in [0.25, 0.3) is 0 Å². The second-order valence-corrected chi connectivity index (χ2v) is 5.47. The summed E-state index contributed by atoms with van der Waals surface area (Å²) in [6, 6.07) is 6.82. The minimum atomic E-state index is -3.49. The highest BCUT2D eigenvalue weighted by atomic mass is 32.2. The number of hydrogen-bond acceptors (Lipinski definition) is 3. The molecule has 0 saturated carbocycles. The lowest BCUT2D eigenvalue weighted by Crippen LogP contribution is -2.13. The normalized spacial score (nSPS) is 11.6. The molecule has 1 aromatic carbocycles. The lowest BCUT2D eigenvalue weighted by atomic mass is 10.2. The number of nitrogens with zero attached hydrogens (tertiary/aromatic N) is 2. The third-order valence-electron chi connectivity index (χ3n) is 2.33. The second-order valence-electron chi connectivity index (χ2n) is 3.65. The molecule has 0 aliphatic rings. The van der Waals surface area contributed by atoms with E-state index in [4.69, 9.17) is 0 Å². The zero-order valence-corrected chi connectivity index (χ0v) is 9.90. The molecule has 0 N–H and O–H groups in total. The molecule has 0 atom stereocenters. The third kappa shape index (κ3) is 1.74. The van der Waals surface area contributed by atoms with Crippen molar-refractivity contribution in [3.8, 4) is 0 Å². The van der Waals surface area contributed by atoms with Gasteiger partial charge in [-0.2, -0.15) is 0 Å². The number of hydrogen-bond donors (Lipinski definition) is 0. The first-order chi connectivity index (χ1) is 7.51. The average Bonchev–Trinajstić information content (AvgIpc) is 2.65. The average molecular weight is 236 g/mol. The van der Waals surface area contributed by atoms with Gasteiger partial charge in [-0.05, 0) is 31.5 Å². The summed E-state index contributed by atoms with van der Waals surface area (Å²) in [5, 5.41) is 0. The number of benzene rings is 1. The molecule has 0 bridgehead atoms. The van der Waals surface area contributed by atoms with Crippen molar-refractivity contribution < 1.29 is 8.42 Å². The van der Waals surface area contributed by atoms with E-state index in [-0.39, 0.29) is 4.90 Å². The molecule has 0 saturated heterocycles. The first-order valence-electron chi connectivity index (χ1n) is 4.83. The number of imidazole rings is 1. The molecule has 5 heteroatoms. The maximum Gasteiger partial charge on any atom is 0.269 e. The molecule has 0 unspecified atom stereocenters. The van der Waals surface area contributed by atoms with Crippen molar-refractivity contribution in [2.45, 2.75) is 18.7 Å². The first-order valence-corrected chi connectivity index (χ1v) is 6.27. The lowest BCUT2D eigenvalue weighted by molar-refractivity contribution is 0.586. The summed E-state index contributed by atoms with van der Waals surface area (Å²) >= 11 is 0. The zero-order chi connectivity index (χ0) is 11.8. The fourth-order valence-corrected chi connectivity index (χ4v) is 2.91. The van der Waals surface area contributed by atoms with Gasteiger partial charge >= 0.3 is 0 Å². The molecule has 2 rings (SSSR count). The quantitative estimate of drug-likeness (QED) is 0.798. The van der Waals surface area contributed by atoms with Gasteiger partial charge in [-0.15, -0.1) is 0 Å². The maximum atomic E-state index is 12.2. The molecule has 84 valence electrons. The van der Waals surface area contributed by atoms with Gasteiger partial charge in [-0.3, -0.25) is 0 Å². The highest BCUT2D eigenvalue weighted by Crippen LogP contribution is 2.16. The Hall–Kier alpha value is -1.62. The highest BCUT2D eigenvalue weighted by molar-refractivity contribution is 7.90. The molecule has 1 aromatic heterocycles. The molecule has 0 amide bonds. The molecule has 0 aliphatic heterocycles. The van der Waals surface area contributed by atoms with Crippen molar-refractivity contribution in [3.63, 3.8) is 0 Å². The zero-order valence-electron chi connectivity index (χ0n) is 9.08. The monoisotopic (exact) mass is 236 g/mol. The molecule has 2 aromatic rings. The van der Waals surface area contributed by atoms with Crippen molar-refractivity contribution >= 4 is 10.0 Å². The van der Waals surface area contributed by atoms with Gasteiger partial charge < -0.3 is 0 Å². The lowest BCUT2D eigenvalue weighted by Gasteiger charge is -2.07.